The van der Waals surface area contributed by atoms with Gasteiger partial charge < -0.3 is 29.1 Å². The molecule has 200 valence electrons. The number of Topliss-reactive ketones (excluding diaryl/α,β-unsaturated/α-hetero) is 1. The number of hydrogen-bond acceptors (Lipinski definition) is 7. The molecular formula is C29H38N2O6. The van der Waals surface area contributed by atoms with Crippen molar-refractivity contribution >= 4 is 17.4 Å². The Morgan fingerprint density at radius 1 is 0.865 bits per heavy atom. The standard InChI is InChI=1S/C29H38N2O6/c1-6-30(7-2)17-18-31-26(21-13-16-23(36-9-4)24(19-21)37-10-5)25(28(33)29(31)34)27(32)20-11-14-22(15-12-20)35-8-3/h11-16,19,26,32H,6-10,17-18H2,1-5H3/b27-25+/t26-/m1/s1. The van der Waals surface area contributed by atoms with Gasteiger partial charge in [0.1, 0.15) is 11.5 Å². The van der Waals surface area contributed by atoms with Crippen LogP contribution in [0.3, 0.4) is 0 Å². The van der Waals surface area contributed by atoms with Crippen molar-refractivity contribution in [2.45, 2.75) is 40.7 Å². The van der Waals surface area contributed by atoms with Crippen molar-refractivity contribution in [2.24, 2.45) is 0 Å². The first-order valence-electron chi connectivity index (χ1n) is 13.0. The zero-order chi connectivity index (χ0) is 26.9. The minimum atomic E-state index is -0.767. The summed E-state index contributed by atoms with van der Waals surface area (Å²) in [5.74, 6) is 0.211. The Morgan fingerprint density at radius 2 is 1.49 bits per heavy atom. The summed E-state index contributed by atoms with van der Waals surface area (Å²) >= 11 is 0. The minimum Gasteiger partial charge on any atom is -0.507 e. The van der Waals surface area contributed by atoms with Crippen molar-refractivity contribution in [3.05, 3.63) is 59.2 Å². The average Bonchev–Trinajstić information content (AvgIpc) is 3.16. The van der Waals surface area contributed by atoms with E-state index in [-0.39, 0.29) is 11.3 Å². The molecule has 0 bridgehead atoms. The van der Waals surface area contributed by atoms with Crippen molar-refractivity contribution in [1.82, 2.24) is 9.80 Å². The third-order valence-corrected chi connectivity index (χ3v) is 6.41. The lowest BCUT2D eigenvalue weighted by Crippen LogP contribution is -2.38. The zero-order valence-electron chi connectivity index (χ0n) is 22.5. The van der Waals surface area contributed by atoms with Crippen LogP contribution in [0.15, 0.2) is 48.0 Å². The number of aliphatic hydroxyl groups is 1. The van der Waals surface area contributed by atoms with E-state index in [9.17, 15) is 14.7 Å². The lowest BCUT2D eigenvalue weighted by Gasteiger charge is -2.28. The summed E-state index contributed by atoms with van der Waals surface area (Å²) in [5, 5.41) is 11.3. The third kappa shape index (κ3) is 6.25. The van der Waals surface area contributed by atoms with Crippen LogP contribution in [-0.2, 0) is 9.59 Å². The van der Waals surface area contributed by atoms with E-state index in [1.165, 1.54) is 0 Å². The fourth-order valence-corrected chi connectivity index (χ4v) is 4.52. The molecule has 2 aromatic carbocycles. The van der Waals surface area contributed by atoms with Gasteiger partial charge in [-0.2, -0.15) is 0 Å². The van der Waals surface area contributed by atoms with Crippen LogP contribution in [0.1, 0.15) is 51.8 Å². The van der Waals surface area contributed by atoms with Gasteiger partial charge in [-0.25, -0.2) is 0 Å². The maximum absolute atomic E-state index is 13.3. The van der Waals surface area contributed by atoms with Crippen molar-refractivity contribution < 1.29 is 28.9 Å². The monoisotopic (exact) mass is 510 g/mol. The first-order chi connectivity index (χ1) is 17.9. The first-order valence-corrected chi connectivity index (χ1v) is 13.0. The highest BCUT2D eigenvalue weighted by Crippen LogP contribution is 2.42. The van der Waals surface area contributed by atoms with Gasteiger partial charge in [0.25, 0.3) is 11.7 Å². The second-order valence-electron chi connectivity index (χ2n) is 8.55. The molecule has 1 heterocycles. The maximum atomic E-state index is 13.3. The number of carbonyl (C=O) groups is 2. The lowest BCUT2D eigenvalue weighted by atomic mass is 9.95. The van der Waals surface area contributed by atoms with Crippen LogP contribution in [0, 0.1) is 0 Å². The molecule has 0 aromatic heterocycles. The summed E-state index contributed by atoms with van der Waals surface area (Å²) < 4.78 is 17.0. The van der Waals surface area contributed by atoms with Gasteiger partial charge in [0.15, 0.2) is 11.5 Å². The quantitative estimate of drug-likeness (QED) is 0.238. The smallest absolute Gasteiger partial charge is 0.295 e. The summed E-state index contributed by atoms with van der Waals surface area (Å²) in [4.78, 5) is 30.4. The van der Waals surface area contributed by atoms with Crippen LogP contribution in [0.25, 0.3) is 5.76 Å². The second kappa shape index (κ2) is 13.1. The summed E-state index contributed by atoms with van der Waals surface area (Å²) in [6.07, 6.45) is 0. The van der Waals surface area contributed by atoms with E-state index in [1.54, 1.807) is 41.3 Å². The van der Waals surface area contributed by atoms with Gasteiger partial charge in [0, 0.05) is 18.7 Å². The summed E-state index contributed by atoms with van der Waals surface area (Å²) in [6.45, 7) is 13.8. The number of hydrogen-bond donors (Lipinski definition) is 1. The van der Waals surface area contributed by atoms with Crippen LogP contribution in [0.4, 0.5) is 0 Å². The summed E-state index contributed by atoms with van der Waals surface area (Å²) in [5.41, 5.74) is 1.16. The number of amides is 1. The van der Waals surface area contributed by atoms with Gasteiger partial charge in [-0.1, -0.05) is 19.9 Å². The van der Waals surface area contributed by atoms with E-state index < -0.39 is 17.7 Å². The molecule has 0 saturated carbocycles. The highest BCUT2D eigenvalue weighted by Gasteiger charge is 2.46. The molecule has 1 atom stereocenters. The van der Waals surface area contributed by atoms with Gasteiger partial charge in [0.05, 0.1) is 31.4 Å². The Kier molecular flexibility index (Phi) is 9.97. The highest BCUT2D eigenvalue weighted by atomic mass is 16.5. The van der Waals surface area contributed by atoms with E-state index in [1.807, 2.05) is 26.8 Å². The van der Waals surface area contributed by atoms with Crippen LogP contribution < -0.4 is 14.2 Å². The second-order valence-corrected chi connectivity index (χ2v) is 8.55. The van der Waals surface area contributed by atoms with Gasteiger partial charge in [-0.15, -0.1) is 0 Å². The van der Waals surface area contributed by atoms with Crippen LogP contribution in [0.5, 0.6) is 17.2 Å². The normalized spacial score (nSPS) is 16.9. The summed E-state index contributed by atoms with van der Waals surface area (Å²) in [7, 11) is 0. The molecule has 2 aromatic rings. The van der Waals surface area contributed by atoms with Gasteiger partial charge in [-0.05, 0) is 75.8 Å². The van der Waals surface area contributed by atoms with Crippen LogP contribution >= 0.6 is 0 Å². The molecule has 1 aliphatic heterocycles. The molecule has 1 saturated heterocycles. The number of ether oxygens (including phenoxy) is 3. The van der Waals surface area contributed by atoms with E-state index in [4.69, 9.17) is 14.2 Å². The fourth-order valence-electron chi connectivity index (χ4n) is 4.52. The molecule has 1 fully saturated rings. The van der Waals surface area contributed by atoms with Gasteiger partial charge in [0.2, 0.25) is 0 Å². The first kappa shape index (κ1) is 28.1. The molecule has 0 spiro atoms. The summed E-state index contributed by atoms with van der Waals surface area (Å²) in [6, 6.07) is 11.5. The number of benzene rings is 2. The largest absolute Gasteiger partial charge is 0.507 e. The molecule has 0 unspecified atom stereocenters. The number of carbonyl (C=O) groups excluding carboxylic acids is 2. The Bertz CT molecular complexity index is 1110. The third-order valence-electron chi connectivity index (χ3n) is 6.41. The van der Waals surface area contributed by atoms with Crippen molar-refractivity contribution in [2.75, 3.05) is 46.0 Å². The lowest BCUT2D eigenvalue weighted by molar-refractivity contribution is -0.140. The number of likely N-dealkylation sites (N-methyl/N-ethyl adjacent to an activating group) is 1. The molecule has 8 heteroatoms. The van der Waals surface area contributed by atoms with Gasteiger partial charge in [-0.3, -0.25) is 9.59 Å². The van der Waals surface area contributed by atoms with Gasteiger partial charge >= 0.3 is 0 Å². The minimum absolute atomic E-state index is 0.0558. The SMILES string of the molecule is CCOc1ccc(/C(O)=C2\C(=O)C(=O)N(CCN(CC)CC)[C@@H]2c2ccc(OCC)c(OCC)c2)cc1. The number of nitrogens with zero attached hydrogens (tertiary/aromatic N) is 2. The van der Waals surface area contributed by atoms with Crippen LogP contribution in [0.2, 0.25) is 0 Å². The predicted molar refractivity (Wildman–Crippen MR) is 143 cm³/mol. The average molecular weight is 511 g/mol. The van der Waals surface area contributed by atoms with E-state index in [0.29, 0.717) is 61.3 Å². The highest BCUT2D eigenvalue weighted by molar-refractivity contribution is 6.46. The van der Waals surface area contributed by atoms with E-state index in [2.05, 4.69) is 18.7 Å². The molecule has 8 nitrogen and oxygen atoms in total. The Morgan fingerprint density at radius 3 is 2.08 bits per heavy atom. The Labute approximate surface area is 219 Å². The number of ketones is 1. The van der Waals surface area contributed by atoms with E-state index >= 15 is 0 Å². The topological polar surface area (TPSA) is 88.5 Å². The van der Waals surface area contributed by atoms with Crippen molar-refractivity contribution in [1.29, 1.82) is 0 Å². The molecule has 1 aliphatic rings. The molecular weight excluding hydrogens is 472 g/mol. The fraction of sp³-hybridized carbons (Fsp3) is 0.448. The molecule has 3 rings (SSSR count). The predicted octanol–water partition coefficient (Wildman–Crippen LogP) is 4.65. The molecule has 37 heavy (non-hydrogen) atoms. The Hall–Kier alpha value is -3.52. The molecule has 1 amide bonds. The molecule has 1 N–H and O–H groups in total. The molecule has 0 aliphatic carbocycles. The number of likely N-dealkylation sites (tertiary alicyclic amines) is 1. The maximum Gasteiger partial charge on any atom is 0.295 e. The van der Waals surface area contributed by atoms with Crippen molar-refractivity contribution in [3.63, 3.8) is 0 Å². The van der Waals surface area contributed by atoms with Crippen molar-refractivity contribution in [3.8, 4) is 17.2 Å². The Balaban J connectivity index is 2.13. The number of rotatable bonds is 13. The van der Waals surface area contributed by atoms with Crippen LogP contribution in [-0.4, -0.2) is 72.6 Å². The number of aliphatic hydroxyl groups excluding tert-OH is 1. The van der Waals surface area contributed by atoms with E-state index in [0.717, 1.165) is 13.1 Å². The molecule has 0 radical (unpaired) electrons. The zero-order valence-corrected chi connectivity index (χ0v) is 22.5.